The van der Waals surface area contributed by atoms with Gasteiger partial charge in [-0.15, -0.1) is 0 Å². The van der Waals surface area contributed by atoms with Crippen LogP contribution in [0.1, 0.15) is 20.8 Å². The molecule has 1 amide bonds. The number of hydrogen-bond acceptors (Lipinski definition) is 6. The Morgan fingerprint density at radius 2 is 1.83 bits per heavy atom. The highest BCUT2D eigenvalue weighted by Crippen LogP contribution is 2.20. The Balaban J connectivity index is 1.78. The maximum absolute atomic E-state index is 12.6. The number of carboxylic acid groups (broad SMARTS) is 1. The minimum atomic E-state index is -1.42. The van der Waals surface area contributed by atoms with Crippen LogP contribution in [0.5, 0.6) is 5.75 Å². The summed E-state index contributed by atoms with van der Waals surface area (Å²) in [6.45, 7) is 4.86. The van der Waals surface area contributed by atoms with Crippen LogP contribution in [-0.2, 0) is 11.3 Å². The van der Waals surface area contributed by atoms with Crippen LogP contribution in [0.15, 0.2) is 11.0 Å². The number of hydrogen-bond donors (Lipinski definition) is 2. The summed E-state index contributed by atoms with van der Waals surface area (Å²) in [5.74, 6) is -2.68. The highest BCUT2D eigenvalue weighted by molar-refractivity contribution is 5.97. The summed E-state index contributed by atoms with van der Waals surface area (Å²) in [6.07, 6.45) is 1.12. The Hall–Kier alpha value is -2.39. The summed E-state index contributed by atoms with van der Waals surface area (Å²) in [5, 5.41) is 19.0. The molecular formula is C15H19N3O6. The van der Waals surface area contributed by atoms with Crippen molar-refractivity contribution in [1.82, 2.24) is 14.4 Å². The third kappa shape index (κ3) is 3.00. The topological polar surface area (TPSA) is 112 Å². The van der Waals surface area contributed by atoms with E-state index in [0.717, 1.165) is 19.3 Å². The van der Waals surface area contributed by atoms with Crippen LogP contribution in [0.3, 0.4) is 0 Å². The molecule has 0 saturated carbocycles. The van der Waals surface area contributed by atoms with Gasteiger partial charge < -0.3 is 24.4 Å². The van der Waals surface area contributed by atoms with E-state index >= 15 is 0 Å². The van der Waals surface area contributed by atoms with Crippen LogP contribution in [0.2, 0.25) is 0 Å². The van der Waals surface area contributed by atoms with E-state index in [1.807, 2.05) is 0 Å². The third-order valence-corrected chi connectivity index (χ3v) is 4.38. The number of ether oxygens (including phenoxy) is 1. The van der Waals surface area contributed by atoms with Gasteiger partial charge in [-0.3, -0.25) is 14.5 Å². The van der Waals surface area contributed by atoms with Gasteiger partial charge in [0.25, 0.3) is 5.91 Å². The van der Waals surface area contributed by atoms with Crippen LogP contribution in [0.25, 0.3) is 0 Å². The Morgan fingerprint density at radius 1 is 1.12 bits per heavy atom. The first-order valence-corrected chi connectivity index (χ1v) is 7.78. The van der Waals surface area contributed by atoms with E-state index in [9.17, 15) is 19.5 Å². The van der Waals surface area contributed by atoms with Crippen molar-refractivity contribution in [1.29, 1.82) is 0 Å². The van der Waals surface area contributed by atoms with Gasteiger partial charge in [0.05, 0.1) is 13.2 Å². The van der Waals surface area contributed by atoms with Crippen molar-refractivity contribution >= 4 is 11.9 Å². The summed E-state index contributed by atoms with van der Waals surface area (Å²) in [4.78, 5) is 39.3. The lowest BCUT2D eigenvalue weighted by Gasteiger charge is -2.33. The smallest absolute Gasteiger partial charge is 0.341 e. The lowest BCUT2D eigenvalue weighted by molar-refractivity contribution is 0.0313. The number of pyridine rings is 1. The first kappa shape index (κ1) is 16.5. The van der Waals surface area contributed by atoms with Crippen LogP contribution in [-0.4, -0.2) is 82.4 Å². The third-order valence-electron chi connectivity index (χ3n) is 4.38. The van der Waals surface area contributed by atoms with Gasteiger partial charge in [0.15, 0.2) is 11.4 Å². The second-order valence-corrected chi connectivity index (χ2v) is 5.81. The molecule has 9 heteroatoms. The van der Waals surface area contributed by atoms with Crippen molar-refractivity contribution in [2.75, 3.05) is 45.9 Å². The summed E-state index contributed by atoms with van der Waals surface area (Å²) in [6, 6.07) is 0. The zero-order valence-electron chi connectivity index (χ0n) is 13.1. The van der Waals surface area contributed by atoms with Gasteiger partial charge in [0, 0.05) is 45.5 Å². The molecule has 0 bridgehead atoms. The number of carboxylic acids is 1. The number of nitrogens with zero attached hydrogens (tertiary/aromatic N) is 3. The molecule has 9 nitrogen and oxygen atoms in total. The molecule has 1 aromatic rings. The average Bonchev–Trinajstić information content (AvgIpc) is 2.57. The lowest BCUT2D eigenvalue weighted by Crippen LogP contribution is -2.47. The standard InChI is InChI=1S/C15H19N3O6/c19-12-10(15(22)23)9-18-4-3-17(14(21)11(18)13(12)20)2-1-16-5-7-24-8-6-16/h9,20H,1-8H2,(H,22,23). The van der Waals surface area contributed by atoms with Crippen molar-refractivity contribution in [3.05, 3.63) is 27.7 Å². The fourth-order valence-electron chi connectivity index (χ4n) is 2.98. The molecule has 1 aromatic heterocycles. The van der Waals surface area contributed by atoms with Crippen molar-refractivity contribution in [3.8, 4) is 5.75 Å². The largest absolute Gasteiger partial charge is 0.503 e. The molecule has 3 rings (SSSR count). The van der Waals surface area contributed by atoms with E-state index in [0.29, 0.717) is 39.4 Å². The van der Waals surface area contributed by atoms with E-state index in [-0.39, 0.29) is 5.69 Å². The Labute approximate surface area is 137 Å². The lowest BCUT2D eigenvalue weighted by atomic mass is 10.1. The second-order valence-electron chi connectivity index (χ2n) is 5.81. The normalized spacial score (nSPS) is 18.5. The molecule has 0 spiro atoms. The average molecular weight is 337 g/mol. The molecule has 0 atom stereocenters. The van der Waals surface area contributed by atoms with Gasteiger partial charge in [-0.25, -0.2) is 4.79 Å². The van der Waals surface area contributed by atoms with E-state index in [4.69, 9.17) is 9.84 Å². The van der Waals surface area contributed by atoms with Gasteiger partial charge in [-0.1, -0.05) is 0 Å². The zero-order valence-corrected chi connectivity index (χ0v) is 13.1. The maximum atomic E-state index is 12.6. The summed E-state index contributed by atoms with van der Waals surface area (Å²) in [5.41, 5.74) is -1.71. The number of rotatable bonds is 4. The Kier molecular flexibility index (Phi) is 4.54. The number of fused-ring (bicyclic) bond motifs is 1. The maximum Gasteiger partial charge on any atom is 0.341 e. The number of carbonyl (C=O) groups is 2. The quantitative estimate of drug-likeness (QED) is 0.728. The fraction of sp³-hybridized carbons (Fsp3) is 0.533. The predicted molar refractivity (Wildman–Crippen MR) is 82.5 cm³/mol. The molecule has 3 heterocycles. The molecule has 0 aliphatic carbocycles. The fourth-order valence-corrected chi connectivity index (χ4v) is 2.98. The minimum absolute atomic E-state index is 0.141. The first-order valence-electron chi connectivity index (χ1n) is 7.78. The monoisotopic (exact) mass is 337 g/mol. The highest BCUT2D eigenvalue weighted by atomic mass is 16.5. The molecule has 24 heavy (non-hydrogen) atoms. The number of aromatic nitrogens is 1. The molecule has 2 N–H and O–H groups in total. The number of aromatic hydroxyl groups is 1. The molecule has 0 aromatic carbocycles. The van der Waals surface area contributed by atoms with Crippen molar-refractivity contribution in [3.63, 3.8) is 0 Å². The minimum Gasteiger partial charge on any atom is -0.503 e. The first-order chi connectivity index (χ1) is 11.5. The number of carbonyl (C=O) groups excluding carboxylic acids is 1. The molecule has 1 fully saturated rings. The van der Waals surface area contributed by atoms with E-state index < -0.39 is 28.6 Å². The summed E-state index contributed by atoms with van der Waals surface area (Å²) >= 11 is 0. The van der Waals surface area contributed by atoms with Gasteiger partial charge in [-0.2, -0.15) is 0 Å². The molecule has 2 aliphatic rings. The molecule has 2 aliphatic heterocycles. The predicted octanol–water partition coefficient (Wildman–Crippen LogP) is -0.960. The zero-order chi connectivity index (χ0) is 17.3. The van der Waals surface area contributed by atoms with E-state index in [1.54, 1.807) is 4.90 Å². The highest BCUT2D eigenvalue weighted by Gasteiger charge is 2.30. The number of aromatic carboxylic acids is 1. The summed E-state index contributed by atoms with van der Waals surface area (Å²) < 4.78 is 6.62. The van der Waals surface area contributed by atoms with Crippen molar-refractivity contribution in [2.24, 2.45) is 0 Å². The Morgan fingerprint density at radius 3 is 2.50 bits per heavy atom. The molecule has 0 unspecified atom stereocenters. The number of amides is 1. The van der Waals surface area contributed by atoms with E-state index in [1.165, 1.54) is 4.57 Å². The molecule has 1 saturated heterocycles. The van der Waals surface area contributed by atoms with E-state index in [2.05, 4.69) is 4.90 Å². The van der Waals surface area contributed by atoms with Gasteiger partial charge >= 0.3 is 5.97 Å². The van der Waals surface area contributed by atoms with Crippen molar-refractivity contribution in [2.45, 2.75) is 6.54 Å². The van der Waals surface area contributed by atoms with Crippen LogP contribution >= 0.6 is 0 Å². The van der Waals surface area contributed by atoms with Crippen LogP contribution in [0, 0.1) is 0 Å². The SMILES string of the molecule is O=C(O)c1cn2c(c(O)c1=O)C(=O)N(CCN1CCOCC1)CC2. The number of morpholine rings is 1. The summed E-state index contributed by atoms with van der Waals surface area (Å²) in [7, 11) is 0. The van der Waals surface area contributed by atoms with Crippen molar-refractivity contribution < 1.29 is 24.5 Å². The van der Waals surface area contributed by atoms with Crippen LogP contribution in [0.4, 0.5) is 0 Å². The second kappa shape index (κ2) is 6.62. The van der Waals surface area contributed by atoms with Gasteiger partial charge in [-0.05, 0) is 0 Å². The molecule has 0 radical (unpaired) electrons. The van der Waals surface area contributed by atoms with Gasteiger partial charge in [0.2, 0.25) is 5.43 Å². The molecular weight excluding hydrogens is 318 g/mol. The van der Waals surface area contributed by atoms with Crippen LogP contribution < -0.4 is 5.43 Å². The molecule has 130 valence electrons. The Bertz CT molecular complexity index is 723. The van der Waals surface area contributed by atoms with Gasteiger partial charge in [0.1, 0.15) is 5.56 Å².